The first-order chi connectivity index (χ1) is 6.16. The minimum absolute atomic E-state index is 0.0422. The molecule has 0 radical (unpaired) electrons. The fourth-order valence-electron chi connectivity index (χ4n) is 1.65. The van der Waals surface area contributed by atoms with Crippen molar-refractivity contribution in [3.63, 3.8) is 0 Å². The van der Waals surface area contributed by atoms with Gasteiger partial charge in [-0.15, -0.1) is 0 Å². The van der Waals surface area contributed by atoms with Crippen molar-refractivity contribution >= 4 is 10.8 Å². The summed E-state index contributed by atoms with van der Waals surface area (Å²) in [6.07, 6.45) is 1.76. The second-order valence-electron chi connectivity index (χ2n) is 3.38. The van der Waals surface area contributed by atoms with Crippen molar-refractivity contribution in [1.29, 1.82) is 0 Å². The van der Waals surface area contributed by atoms with E-state index in [1.165, 1.54) is 5.56 Å². The molecule has 0 fully saturated rings. The number of hydrogen-bond acceptors (Lipinski definition) is 1. The van der Waals surface area contributed by atoms with Crippen LogP contribution in [0.5, 0.6) is 0 Å². The van der Waals surface area contributed by atoms with Crippen LogP contribution in [-0.2, 0) is 0 Å². The maximum absolute atomic E-state index is 11.1. The molecule has 1 aromatic carbocycles. The molecule has 2 rings (SSSR count). The molecule has 0 amide bonds. The summed E-state index contributed by atoms with van der Waals surface area (Å²) in [5, 5.41) is 2.13. The number of hydrogen-bond donors (Lipinski definition) is 1. The summed E-state index contributed by atoms with van der Waals surface area (Å²) in [5.41, 5.74) is 2.33. The van der Waals surface area contributed by atoms with Crippen molar-refractivity contribution in [3.05, 3.63) is 45.9 Å². The molecule has 1 heterocycles. The van der Waals surface area contributed by atoms with Gasteiger partial charge in [0.1, 0.15) is 0 Å². The van der Waals surface area contributed by atoms with Crippen molar-refractivity contribution in [3.8, 4) is 0 Å². The van der Waals surface area contributed by atoms with Crippen LogP contribution in [0.15, 0.2) is 29.2 Å². The highest BCUT2D eigenvalue weighted by molar-refractivity contribution is 5.85. The average Bonchev–Trinajstić information content (AvgIpc) is 2.06. The number of pyridine rings is 1. The van der Waals surface area contributed by atoms with Gasteiger partial charge in [0.05, 0.1) is 0 Å². The highest BCUT2D eigenvalue weighted by atomic mass is 16.1. The van der Waals surface area contributed by atoms with Crippen LogP contribution in [0.3, 0.4) is 0 Å². The number of aromatic nitrogens is 1. The van der Waals surface area contributed by atoms with Gasteiger partial charge in [-0.3, -0.25) is 4.79 Å². The fraction of sp³-hybridized carbons (Fsp3) is 0.182. The van der Waals surface area contributed by atoms with Crippen molar-refractivity contribution in [1.82, 2.24) is 4.98 Å². The Balaban J connectivity index is 2.95. The van der Waals surface area contributed by atoms with Gasteiger partial charge >= 0.3 is 0 Å². The second-order valence-corrected chi connectivity index (χ2v) is 3.38. The Hall–Kier alpha value is -1.57. The lowest BCUT2D eigenvalue weighted by Crippen LogP contribution is -2.02. The predicted molar refractivity (Wildman–Crippen MR) is 54.0 cm³/mol. The number of H-pyrrole nitrogens is 1. The molecule has 0 unspecified atom stereocenters. The van der Waals surface area contributed by atoms with Crippen LogP contribution < -0.4 is 5.56 Å². The summed E-state index contributed by atoms with van der Waals surface area (Å²) in [6, 6.07) is 5.80. The van der Waals surface area contributed by atoms with Gasteiger partial charge in [0, 0.05) is 12.3 Å². The summed E-state index contributed by atoms with van der Waals surface area (Å²) in [6.45, 7) is 4.08. The van der Waals surface area contributed by atoms with Gasteiger partial charge in [0.25, 0.3) is 0 Å². The Morgan fingerprint density at radius 3 is 2.69 bits per heavy atom. The summed E-state index contributed by atoms with van der Waals surface area (Å²) >= 11 is 0. The first-order valence-electron chi connectivity index (χ1n) is 4.26. The van der Waals surface area contributed by atoms with Gasteiger partial charge in [-0.25, -0.2) is 0 Å². The highest BCUT2D eigenvalue weighted by Gasteiger charge is 1.98. The molecule has 2 nitrogen and oxygen atoms in total. The van der Waals surface area contributed by atoms with Gasteiger partial charge in [-0.1, -0.05) is 11.6 Å². The lowest BCUT2D eigenvalue weighted by molar-refractivity contribution is 1.26. The van der Waals surface area contributed by atoms with Crippen LogP contribution in [0.25, 0.3) is 10.8 Å². The average molecular weight is 173 g/mol. The molecular formula is C11H11NO. The molecule has 2 heteroatoms. The summed E-state index contributed by atoms with van der Waals surface area (Å²) < 4.78 is 0. The lowest BCUT2D eigenvalue weighted by Gasteiger charge is -2.02. The number of fused-ring (bicyclic) bond motifs is 1. The first-order valence-corrected chi connectivity index (χ1v) is 4.26. The number of aromatic amines is 1. The standard InChI is InChI=1S/C11H11NO/c1-7-3-8(2)10-5-11(13)12-6-9(10)4-7/h3-6H,1-2H3,(H,12,13). The van der Waals surface area contributed by atoms with E-state index in [9.17, 15) is 4.79 Å². The fourth-order valence-corrected chi connectivity index (χ4v) is 1.65. The zero-order chi connectivity index (χ0) is 9.42. The van der Waals surface area contributed by atoms with E-state index in [1.807, 2.05) is 6.92 Å². The van der Waals surface area contributed by atoms with Crippen molar-refractivity contribution in [2.24, 2.45) is 0 Å². The maximum atomic E-state index is 11.1. The van der Waals surface area contributed by atoms with Gasteiger partial charge in [0.15, 0.2) is 0 Å². The maximum Gasteiger partial charge on any atom is 0.248 e. The van der Waals surface area contributed by atoms with E-state index in [0.717, 1.165) is 16.3 Å². The summed E-state index contributed by atoms with van der Waals surface area (Å²) in [7, 11) is 0. The molecule has 0 saturated heterocycles. The minimum atomic E-state index is -0.0422. The lowest BCUT2D eigenvalue weighted by atomic mass is 10.0. The van der Waals surface area contributed by atoms with Crippen LogP contribution in [0, 0.1) is 13.8 Å². The topological polar surface area (TPSA) is 32.9 Å². The van der Waals surface area contributed by atoms with Gasteiger partial charge in [0.2, 0.25) is 5.56 Å². The zero-order valence-corrected chi connectivity index (χ0v) is 7.72. The van der Waals surface area contributed by atoms with Gasteiger partial charge in [-0.2, -0.15) is 0 Å². The zero-order valence-electron chi connectivity index (χ0n) is 7.72. The number of rotatable bonds is 0. The Morgan fingerprint density at radius 2 is 1.92 bits per heavy atom. The molecule has 0 bridgehead atoms. The largest absolute Gasteiger partial charge is 0.328 e. The second kappa shape index (κ2) is 2.73. The molecule has 13 heavy (non-hydrogen) atoms. The van der Waals surface area contributed by atoms with Crippen LogP contribution in [0.2, 0.25) is 0 Å². The van der Waals surface area contributed by atoms with E-state index in [0.29, 0.717) is 0 Å². The predicted octanol–water partition coefficient (Wildman–Crippen LogP) is 2.14. The molecule has 0 aliphatic carbocycles. The number of benzene rings is 1. The van der Waals surface area contributed by atoms with E-state index < -0.39 is 0 Å². The number of aryl methyl sites for hydroxylation is 2. The molecule has 0 spiro atoms. The normalized spacial score (nSPS) is 10.6. The van der Waals surface area contributed by atoms with Crippen molar-refractivity contribution < 1.29 is 0 Å². The highest BCUT2D eigenvalue weighted by Crippen LogP contribution is 2.17. The smallest absolute Gasteiger partial charge is 0.248 e. The van der Waals surface area contributed by atoms with Gasteiger partial charge in [-0.05, 0) is 36.2 Å². The molecule has 0 saturated carbocycles. The van der Waals surface area contributed by atoms with E-state index in [-0.39, 0.29) is 5.56 Å². The summed E-state index contributed by atoms with van der Waals surface area (Å²) in [5.74, 6) is 0. The molecule has 0 atom stereocenters. The quantitative estimate of drug-likeness (QED) is 0.650. The van der Waals surface area contributed by atoms with E-state index in [4.69, 9.17) is 0 Å². The van der Waals surface area contributed by atoms with E-state index >= 15 is 0 Å². The molecule has 0 aliphatic heterocycles. The molecule has 1 aromatic heterocycles. The Labute approximate surface area is 76.2 Å². The van der Waals surface area contributed by atoms with Crippen LogP contribution in [0.1, 0.15) is 11.1 Å². The molecule has 2 aromatic rings. The molecule has 66 valence electrons. The third kappa shape index (κ3) is 1.35. The Bertz CT molecular complexity index is 511. The SMILES string of the molecule is Cc1cc(C)c2cc(=O)[nH]cc2c1. The Kier molecular flexibility index (Phi) is 1.69. The first kappa shape index (κ1) is 8.05. The monoisotopic (exact) mass is 173 g/mol. The minimum Gasteiger partial charge on any atom is -0.328 e. The molecule has 0 aliphatic rings. The van der Waals surface area contributed by atoms with E-state index in [1.54, 1.807) is 12.3 Å². The van der Waals surface area contributed by atoms with Crippen molar-refractivity contribution in [2.75, 3.05) is 0 Å². The number of nitrogens with one attached hydrogen (secondary N) is 1. The molecule has 1 N–H and O–H groups in total. The van der Waals surface area contributed by atoms with Crippen molar-refractivity contribution in [2.45, 2.75) is 13.8 Å². The van der Waals surface area contributed by atoms with Crippen LogP contribution in [0.4, 0.5) is 0 Å². The van der Waals surface area contributed by atoms with Crippen LogP contribution >= 0.6 is 0 Å². The third-order valence-electron chi connectivity index (χ3n) is 2.21. The Morgan fingerprint density at radius 1 is 1.15 bits per heavy atom. The molecular weight excluding hydrogens is 162 g/mol. The third-order valence-corrected chi connectivity index (χ3v) is 2.21. The van der Waals surface area contributed by atoms with E-state index in [2.05, 4.69) is 24.0 Å². The van der Waals surface area contributed by atoms with Crippen LogP contribution in [-0.4, -0.2) is 4.98 Å². The summed E-state index contributed by atoms with van der Waals surface area (Å²) in [4.78, 5) is 13.7. The van der Waals surface area contributed by atoms with Gasteiger partial charge < -0.3 is 4.98 Å².